The summed E-state index contributed by atoms with van der Waals surface area (Å²) in [6.07, 6.45) is 13.5. The summed E-state index contributed by atoms with van der Waals surface area (Å²) in [6.45, 7) is 11.4. The van der Waals surface area contributed by atoms with Crippen molar-refractivity contribution in [2.75, 3.05) is 0 Å². The van der Waals surface area contributed by atoms with Crippen molar-refractivity contribution in [1.29, 1.82) is 0 Å². The number of allylic oxidation sites excluding steroid dienone is 9. The molecule has 0 aliphatic carbocycles. The molecule has 1 nitrogen and oxygen atoms in total. The second kappa shape index (κ2) is 11.3. The van der Waals surface area contributed by atoms with Gasteiger partial charge in [0, 0.05) is 12.8 Å². The van der Waals surface area contributed by atoms with Gasteiger partial charge in [-0.25, -0.2) is 0 Å². The molecule has 0 atom stereocenters. The van der Waals surface area contributed by atoms with E-state index in [0.717, 1.165) is 27.8 Å². The fourth-order valence-electron chi connectivity index (χ4n) is 2.84. The van der Waals surface area contributed by atoms with Gasteiger partial charge in [-0.1, -0.05) is 117 Å². The van der Waals surface area contributed by atoms with E-state index in [1.54, 1.807) is 12.2 Å². The molecule has 0 aromatic heterocycles. The second-order valence-electron chi connectivity index (χ2n) is 6.32. The Bertz CT molecular complexity index is 924. The van der Waals surface area contributed by atoms with Crippen LogP contribution in [0.5, 0.6) is 0 Å². The maximum atomic E-state index is 12.7. The highest BCUT2D eigenvalue weighted by molar-refractivity contribution is 5.85. The largest absolute Gasteiger partial charge is 0.299 e. The summed E-state index contributed by atoms with van der Waals surface area (Å²) in [5.74, 6) is 0.161. The fraction of sp³-hybridized carbons (Fsp3) is 0.0741. The van der Waals surface area contributed by atoms with Gasteiger partial charge in [-0.15, -0.1) is 0 Å². The predicted octanol–water partition coefficient (Wildman–Crippen LogP) is 6.82. The highest BCUT2D eigenvalue weighted by Gasteiger charge is 2.09. The van der Waals surface area contributed by atoms with Gasteiger partial charge >= 0.3 is 0 Å². The highest BCUT2D eigenvalue weighted by atomic mass is 16.1. The van der Waals surface area contributed by atoms with Crippen LogP contribution in [0.15, 0.2) is 128 Å². The first kappa shape index (κ1) is 20.9. The van der Waals surface area contributed by atoms with Gasteiger partial charge in [-0.2, -0.15) is 0 Å². The van der Waals surface area contributed by atoms with Crippen molar-refractivity contribution in [2.45, 2.75) is 12.8 Å². The number of hydrogen-bond donors (Lipinski definition) is 0. The first-order chi connectivity index (χ1) is 13.7. The zero-order chi connectivity index (χ0) is 20.2. The van der Waals surface area contributed by atoms with E-state index in [0.29, 0.717) is 12.8 Å². The molecule has 0 aliphatic rings. The summed E-state index contributed by atoms with van der Waals surface area (Å²) < 4.78 is 0. The van der Waals surface area contributed by atoms with E-state index < -0.39 is 0 Å². The van der Waals surface area contributed by atoms with Crippen LogP contribution in [0.3, 0.4) is 0 Å². The summed E-state index contributed by atoms with van der Waals surface area (Å²) in [4.78, 5) is 12.7. The normalized spacial score (nSPS) is 11.6. The molecule has 0 fully saturated rings. The number of Topliss-reactive ketones (excluding diaryl/α,β-unsaturated/α-hetero) is 1. The monoisotopic (exact) mass is 366 g/mol. The Kier molecular flexibility index (Phi) is 8.42. The quantitative estimate of drug-likeness (QED) is 0.422. The molecule has 0 amide bonds. The van der Waals surface area contributed by atoms with Crippen molar-refractivity contribution < 1.29 is 4.79 Å². The third-order valence-corrected chi connectivity index (χ3v) is 4.26. The molecule has 2 aromatic carbocycles. The van der Waals surface area contributed by atoms with Crippen LogP contribution < -0.4 is 0 Å². The van der Waals surface area contributed by atoms with Gasteiger partial charge in [-0.05, 0) is 27.8 Å². The van der Waals surface area contributed by atoms with Crippen LogP contribution in [0.1, 0.15) is 12.0 Å². The number of ketones is 1. The summed E-state index contributed by atoms with van der Waals surface area (Å²) in [7, 11) is 0. The SMILES string of the molecule is C=C/C=C\C(=C)C(/C=C\C=C)=C\CC(=O)Cc1ccccc1-c1ccccc1. The molecular formula is C27H26O. The maximum Gasteiger partial charge on any atom is 0.141 e. The third kappa shape index (κ3) is 6.37. The van der Waals surface area contributed by atoms with Crippen LogP contribution in [0.25, 0.3) is 11.1 Å². The Morgan fingerprint density at radius 3 is 2.21 bits per heavy atom. The topological polar surface area (TPSA) is 17.1 Å². The molecule has 0 N–H and O–H groups in total. The Morgan fingerprint density at radius 1 is 0.857 bits per heavy atom. The molecule has 1 heteroatoms. The molecule has 0 saturated heterocycles. The fourth-order valence-corrected chi connectivity index (χ4v) is 2.84. The van der Waals surface area contributed by atoms with E-state index in [-0.39, 0.29) is 5.78 Å². The minimum Gasteiger partial charge on any atom is -0.299 e. The Labute approximate surface area is 168 Å². The Hall–Kier alpha value is -3.45. The zero-order valence-corrected chi connectivity index (χ0v) is 16.2. The average Bonchev–Trinajstić information content (AvgIpc) is 2.73. The van der Waals surface area contributed by atoms with Crippen LogP contribution in [0, 0.1) is 0 Å². The van der Waals surface area contributed by atoms with E-state index in [4.69, 9.17) is 0 Å². The Balaban J connectivity index is 2.17. The van der Waals surface area contributed by atoms with Crippen molar-refractivity contribution >= 4 is 5.78 Å². The maximum absolute atomic E-state index is 12.7. The molecule has 2 rings (SSSR count). The lowest BCUT2D eigenvalue weighted by molar-refractivity contribution is -0.117. The molecule has 0 heterocycles. The smallest absolute Gasteiger partial charge is 0.141 e. The number of hydrogen-bond acceptors (Lipinski definition) is 1. The van der Waals surface area contributed by atoms with Crippen LogP contribution in [-0.2, 0) is 11.2 Å². The zero-order valence-electron chi connectivity index (χ0n) is 16.2. The molecule has 0 unspecified atom stereocenters. The van der Waals surface area contributed by atoms with Crippen molar-refractivity contribution in [3.05, 3.63) is 134 Å². The van der Waals surface area contributed by atoms with Crippen LogP contribution >= 0.6 is 0 Å². The first-order valence-electron chi connectivity index (χ1n) is 9.28. The average molecular weight is 367 g/mol. The molecule has 0 aliphatic heterocycles. The molecule has 0 spiro atoms. The van der Waals surface area contributed by atoms with E-state index >= 15 is 0 Å². The van der Waals surface area contributed by atoms with E-state index in [2.05, 4.69) is 37.9 Å². The van der Waals surface area contributed by atoms with Crippen molar-refractivity contribution in [1.82, 2.24) is 0 Å². The van der Waals surface area contributed by atoms with Gasteiger partial charge in [0.1, 0.15) is 5.78 Å². The minimum absolute atomic E-state index is 0.161. The summed E-state index contributed by atoms with van der Waals surface area (Å²) in [5, 5.41) is 0. The molecule has 0 radical (unpaired) electrons. The molecule has 0 saturated carbocycles. The van der Waals surface area contributed by atoms with Crippen molar-refractivity contribution in [2.24, 2.45) is 0 Å². The van der Waals surface area contributed by atoms with E-state index in [9.17, 15) is 4.79 Å². The van der Waals surface area contributed by atoms with Gasteiger partial charge in [0.15, 0.2) is 0 Å². The summed E-state index contributed by atoms with van der Waals surface area (Å²) in [6, 6.07) is 18.2. The van der Waals surface area contributed by atoms with Gasteiger partial charge in [0.2, 0.25) is 0 Å². The minimum atomic E-state index is 0.161. The Morgan fingerprint density at radius 2 is 1.50 bits per heavy atom. The van der Waals surface area contributed by atoms with Crippen LogP contribution in [-0.4, -0.2) is 5.78 Å². The van der Waals surface area contributed by atoms with Gasteiger partial charge in [0.05, 0.1) is 0 Å². The van der Waals surface area contributed by atoms with Gasteiger partial charge in [-0.3, -0.25) is 4.79 Å². The third-order valence-electron chi connectivity index (χ3n) is 4.26. The molecule has 2 aromatic rings. The number of rotatable bonds is 10. The predicted molar refractivity (Wildman–Crippen MR) is 121 cm³/mol. The lowest BCUT2D eigenvalue weighted by Crippen LogP contribution is -2.03. The standard InChI is InChI=1S/C27H26O/c1-4-6-13-22(3)23(14-7-5-2)19-20-26(28)21-25-17-11-12-18-27(25)24-15-9-8-10-16-24/h4-19H,1-3,20-21H2/b13-6-,14-7-,23-19-. The molecular weight excluding hydrogens is 340 g/mol. The highest BCUT2D eigenvalue weighted by Crippen LogP contribution is 2.24. The lowest BCUT2D eigenvalue weighted by Gasteiger charge is -2.09. The summed E-state index contributed by atoms with van der Waals surface area (Å²) in [5.41, 5.74) is 5.00. The molecule has 0 bridgehead atoms. The molecule has 28 heavy (non-hydrogen) atoms. The van der Waals surface area contributed by atoms with Crippen molar-refractivity contribution in [3.8, 4) is 11.1 Å². The number of carbonyl (C=O) groups is 1. The first-order valence-corrected chi connectivity index (χ1v) is 9.28. The second-order valence-corrected chi connectivity index (χ2v) is 6.32. The van der Waals surface area contributed by atoms with E-state index in [1.807, 2.05) is 66.8 Å². The van der Waals surface area contributed by atoms with Gasteiger partial charge in [0.25, 0.3) is 0 Å². The number of carbonyl (C=O) groups excluding carboxylic acids is 1. The number of benzene rings is 2. The summed E-state index contributed by atoms with van der Waals surface area (Å²) >= 11 is 0. The van der Waals surface area contributed by atoms with E-state index in [1.165, 1.54) is 0 Å². The van der Waals surface area contributed by atoms with Gasteiger partial charge < -0.3 is 0 Å². The molecule has 140 valence electrons. The van der Waals surface area contributed by atoms with Crippen LogP contribution in [0.2, 0.25) is 0 Å². The van der Waals surface area contributed by atoms with Crippen LogP contribution in [0.4, 0.5) is 0 Å². The lowest BCUT2D eigenvalue weighted by atomic mass is 9.95. The van der Waals surface area contributed by atoms with Crippen molar-refractivity contribution in [3.63, 3.8) is 0 Å².